The van der Waals surface area contributed by atoms with Gasteiger partial charge in [-0.2, -0.15) is 0 Å². The van der Waals surface area contributed by atoms with Crippen LogP contribution in [0.2, 0.25) is 0 Å². The van der Waals surface area contributed by atoms with E-state index >= 15 is 0 Å². The fourth-order valence-electron chi connectivity index (χ4n) is 3.77. The summed E-state index contributed by atoms with van der Waals surface area (Å²) in [6, 6.07) is 0. The van der Waals surface area contributed by atoms with Crippen molar-refractivity contribution in [2.45, 2.75) is 143 Å². The first-order chi connectivity index (χ1) is 13.7. The minimum absolute atomic E-state index is 0. The summed E-state index contributed by atoms with van der Waals surface area (Å²) < 4.78 is 17.2. The van der Waals surface area contributed by atoms with Crippen LogP contribution in [0.15, 0.2) is 0 Å². The van der Waals surface area contributed by atoms with Crippen molar-refractivity contribution >= 4 is 0 Å². The molecule has 0 atom stereocenters. The van der Waals surface area contributed by atoms with Crippen molar-refractivity contribution < 1.29 is 14.2 Å². The quantitative estimate of drug-likeness (QED) is 0.584. The van der Waals surface area contributed by atoms with Gasteiger partial charge in [0.05, 0.1) is 35.1 Å². The van der Waals surface area contributed by atoms with Gasteiger partial charge in [-0.15, -0.1) is 0 Å². The van der Waals surface area contributed by atoms with Gasteiger partial charge >= 0.3 is 0 Å². The first-order valence-corrected chi connectivity index (χ1v) is 12.2. The molecule has 3 aliphatic rings. The maximum Gasteiger partial charge on any atom is 0.0830 e. The average Bonchev–Trinajstić information content (AvgIpc) is 3.02. The smallest absolute Gasteiger partial charge is 0.0830 e. The molecule has 5 heteroatoms. The molecule has 3 rings (SSSR count). The molecule has 3 fully saturated rings. The molecule has 31 heavy (non-hydrogen) atoms. The normalized spacial score (nSPS) is 21.2. The molecule has 5 nitrogen and oxygen atoms in total. The summed E-state index contributed by atoms with van der Waals surface area (Å²) in [5.41, 5.74) is 0.129. The Bertz CT molecular complexity index is 433. The van der Waals surface area contributed by atoms with Gasteiger partial charge in [0.25, 0.3) is 0 Å². The van der Waals surface area contributed by atoms with E-state index in [0.29, 0.717) is 18.3 Å². The highest BCUT2D eigenvalue weighted by Crippen LogP contribution is 2.25. The van der Waals surface area contributed by atoms with Crippen LogP contribution in [0.5, 0.6) is 0 Å². The van der Waals surface area contributed by atoms with E-state index in [1.807, 2.05) is 0 Å². The highest BCUT2D eigenvalue weighted by atomic mass is 16.5. The molecule has 0 aromatic carbocycles. The van der Waals surface area contributed by atoms with Crippen molar-refractivity contribution in [1.29, 1.82) is 0 Å². The molecule has 2 aliphatic heterocycles. The average molecular weight is 445 g/mol. The van der Waals surface area contributed by atoms with E-state index in [1.54, 1.807) is 0 Å². The molecular formula is C26H56N2O3. The third-order valence-corrected chi connectivity index (χ3v) is 4.89. The number of ether oxygens (including phenoxy) is 3. The minimum atomic E-state index is 0. The lowest BCUT2D eigenvalue weighted by atomic mass is 10.1. The van der Waals surface area contributed by atoms with Gasteiger partial charge in [0.1, 0.15) is 0 Å². The SMILES string of the molecule is C.CC(C)(C)OC1CCCC1.CC(C)(C)OC1CCNCC1.CC(C)(C)OC1CNC1. The third-order valence-electron chi connectivity index (χ3n) is 4.89. The Morgan fingerprint density at radius 1 is 0.516 bits per heavy atom. The van der Waals surface area contributed by atoms with Gasteiger partial charge in [0.15, 0.2) is 0 Å². The Balaban J connectivity index is 0.000000431. The zero-order chi connectivity index (χ0) is 22.8. The number of rotatable bonds is 3. The Morgan fingerprint density at radius 2 is 0.871 bits per heavy atom. The summed E-state index contributed by atoms with van der Waals surface area (Å²) >= 11 is 0. The summed E-state index contributed by atoms with van der Waals surface area (Å²) in [4.78, 5) is 0. The van der Waals surface area contributed by atoms with Crippen LogP contribution in [0.25, 0.3) is 0 Å². The van der Waals surface area contributed by atoms with Crippen LogP contribution in [-0.2, 0) is 14.2 Å². The van der Waals surface area contributed by atoms with Crippen molar-refractivity contribution in [3.63, 3.8) is 0 Å². The fraction of sp³-hybridized carbons (Fsp3) is 1.00. The Morgan fingerprint density at radius 3 is 1.16 bits per heavy atom. The Kier molecular flexibility index (Phi) is 14.1. The van der Waals surface area contributed by atoms with Gasteiger partial charge in [0, 0.05) is 13.1 Å². The van der Waals surface area contributed by atoms with Crippen molar-refractivity contribution in [3.8, 4) is 0 Å². The lowest BCUT2D eigenvalue weighted by Crippen LogP contribution is -2.51. The second-order valence-electron chi connectivity index (χ2n) is 11.8. The fourth-order valence-corrected chi connectivity index (χ4v) is 3.77. The van der Waals surface area contributed by atoms with Crippen LogP contribution in [0, 0.1) is 0 Å². The lowest BCUT2D eigenvalue weighted by molar-refractivity contribution is -0.0797. The first-order valence-electron chi connectivity index (χ1n) is 12.2. The number of hydrogen-bond donors (Lipinski definition) is 2. The molecule has 0 aromatic heterocycles. The molecular weight excluding hydrogens is 388 g/mol. The second kappa shape index (κ2) is 14.1. The van der Waals surface area contributed by atoms with E-state index in [-0.39, 0.29) is 24.2 Å². The molecule has 0 amide bonds. The monoisotopic (exact) mass is 444 g/mol. The first kappa shape index (κ1) is 30.8. The molecule has 188 valence electrons. The molecule has 2 heterocycles. The largest absolute Gasteiger partial charge is 0.373 e. The van der Waals surface area contributed by atoms with Crippen LogP contribution in [0.3, 0.4) is 0 Å². The third kappa shape index (κ3) is 18.0. The standard InChI is InChI=1S/C9H19NO.C9H18O.C7H15NO.CH4/c1-9(2,3)11-8-4-6-10-7-5-8;1-9(2,3)10-8-6-4-5-7-8;1-7(2,3)9-6-4-8-5-6;/h8,10H,4-7H2,1-3H3;8H,4-7H2,1-3H3;6,8H,4-5H2,1-3H3;1H4. The Labute approximate surface area is 194 Å². The van der Waals surface area contributed by atoms with Gasteiger partial charge in [-0.1, -0.05) is 20.3 Å². The van der Waals surface area contributed by atoms with Crippen molar-refractivity contribution in [2.75, 3.05) is 26.2 Å². The number of nitrogens with one attached hydrogen (secondary N) is 2. The Hall–Kier alpha value is -0.200. The van der Waals surface area contributed by atoms with Crippen LogP contribution >= 0.6 is 0 Å². The summed E-state index contributed by atoms with van der Waals surface area (Å²) in [6.07, 6.45) is 9.10. The van der Waals surface area contributed by atoms with E-state index in [1.165, 1.54) is 25.7 Å². The minimum Gasteiger partial charge on any atom is -0.373 e. The van der Waals surface area contributed by atoms with Crippen LogP contribution in [0.1, 0.15) is 108 Å². The van der Waals surface area contributed by atoms with Gasteiger partial charge in [-0.3, -0.25) is 0 Å². The maximum atomic E-state index is 5.84. The van der Waals surface area contributed by atoms with E-state index in [9.17, 15) is 0 Å². The zero-order valence-corrected chi connectivity index (χ0v) is 21.5. The van der Waals surface area contributed by atoms with Crippen LogP contribution in [0.4, 0.5) is 0 Å². The highest BCUT2D eigenvalue weighted by Gasteiger charge is 2.23. The van der Waals surface area contributed by atoms with Crippen molar-refractivity contribution in [1.82, 2.24) is 10.6 Å². The molecule has 2 saturated heterocycles. The summed E-state index contributed by atoms with van der Waals surface area (Å²) in [7, 11) is 0. The van der Waals surface area contributed by atoms with E-state index in [2.05, 4.69) is 72.9 Å². The maximum absolute atomic E-state index is 5.84. The zero-order valence-electron chi connectivity index (χ0n) is 21.5. The summed E-state index contributed by atoms with van der Waals surface area (Å²) in [5, 5.41) is 6.48. The highest BCUT2D eigenvalue weighted by molar-refractivity contribution is 4.78. The van der Waals surface area contributed by atoms with Crippen LogP contribution in [-0.4, -0.2) is 61.3 Å². The molecule has 1 saturated carbocycles. The second-order valence-corrected chi connectivity index (χ2v) is 11.8. The molecule has 0 aromatic rings. The van der Waals surface area contributed by atoms with Crippen molar-refractivity contribution in [2.24, 2.45) is 0 Å². The van der Waals surface area contributed by atoms with Gasteiger partial charge in [-0.25, -0.2) is 0 Å². The van der Waals surface area contributed by atoms with Crippen molar-refractivity contribution in [3.05, 3.63) is 0 Å². The number of piperidine rings is 1. The molecule has 0 unspecified atom stereocenters. The van der Waals surface area contributed by atoms with Gasteiger partial charge in [0.2, 0.25) is 0 Å². The molecule has 0 spiro atoms. The van der Waals surface area contributed by atoms with Gasteiger partial charge < -0.3 is 24.8 Å². The summed E-state index contributed by atoms with van der Waals surface area (Å²) in [6.45, 7) is 23.3. The van der Waals surface area contributed by atoms with E-state index in [0.717, 1.165) is 39.0 Å². The lowest BCUT2D eigenvalue weighted by Gasteiger charge is -2.33. The molecule has 0 bridgehead atoms. The molecule has 2 N–H and O–H groups in total. The van der Waals surface area contributed by atoms with E-state index < -0.39 is 0 Å². The van der Waals surface area contributed by atoms with Crippen LogP contribution < -0.4 is 10.6 Å². The predicted molar refractivity (Wildman–Crippen MR) is 134 cm³/mol. The van der Waals surface area contributed by atoms with E-state index in [4.69, 9.17) is 14.2 Å². The summed E-state index contributed by atoms with van der Waals surface area (Å²) in [5.74, 6) is 0. The van der Waals surface area contributed by atoms with Gasteiger partial charge in [-0.05, 0) is 101 Å². The topological polar surface area (TPSA) is 51.8 Å². The number of hydrogen-bond acceptors (Lipinski definition) is 5. The molecule has 1 aliphatic carbocycles. The predicted octanol–water partition coefficient (Wildman–Crippen LogP) is 5.71. The molecule has 0 radical (unpaired) electrons.